The average Bonchev–Trinajstić information content (AvgIpc) is 3.69. The first-order valence-electron chi connectivity index (χ1n) is 13.2. The molecule has 1 atom stereocenters. The van der Waals surface area contributed by atoms with Gasteiger partial charge in [0.15, 0.2) is 0 Å². The maximum absolute atomic E-state index is 12.5. The third-order valence-corrected chi connectivity index (χ3v) is 8.78. The lowest BCUT2D eigenvalue weighted by atomic mass is 10.1. The zero-order chi connectivity index (χ0) is 25.9. The molecule has 0 radical (unpaired) electrons. The average molecular weight is 558 g/mol. The number of halogens is 1. The molecule has 0 saturated carbocycles. The zero-order valence-electron chi connectivity index (χ0n) is 21.2. The number of nitrogens with zero attached hydrogens (tertiary/aromatic N) is 7. The highest BCUT2D eigenvalue weighted by Gasteiger charge is 2.25. The van der Waals surface area contributed by atoms with Crippen molar-refractivity contribution in [3.8, 4) is 0 Å². The van der Waals surface area contributed by atoms with Crippen molar-refractivity contribution in [2.75, 3.05) is 57.0 Å². The number of anilines is 1. The number of carbonyl (C=O) groups is 1. The van der Waals surface area contributed by atoms with E-state index in [2.05, 4.69) is 36.8 Å². The van der Waals surface area contributed by atoms with Crippen molar-refractivity contribution in [1.82, 2.24) is 35.0 Å². The van der Waals surface area contributed by atoms with Crippen LogP contribution in [0.15, 0.2) is 29.5 Å². The van der Waals surface area contributed by atoms with Crippen LogP contribution >= 0.6 is 23.4 Å². The number of hydrogen-bond acceptors (Lipinski definition) is 9. The molecule has 202 valence electrons. The second-order valence-corrected chi connectivity index (χ2v) is 11.5. The van der Waals surface area contributed by atoms with E-state index in [9.17, 15) is 4.79 Å². The number of hydrogen-bond donors (Lipinski definition) is 2. The van der Waals surface area contributed by atoms with Crippen LogP contribution in [0.2, 0.25) is 5.02 Å². The number of piperazine rings is 1. The van der Waals surface area contributed by atoms with Crippen LogP contribution in [-0.4, -0.2) is 110 Å². The highest BCUT2D eigenvalue weighted by molar-refractivity contribution is 8.14. The molecule has 5 heterocycles. The van der Waals surface area contributed by atoms with Gasteiger partial charge in [-0.15, -0.1) is 16.9 Å². The van der Waals surface area contributed by atoms with Gasteiger partial charge in [-0.05, 0) is 47.9 Å². The minimum absolute atomic E-state index is 0.0594. The van der Waals surface area contributed by atoms with Crippen LogP contribution in [-0.2, 0) is 16.1 Å². The third-order valence-electron chi connectivity index (χ3n) is 7.41. The summed E-state index contributed by atoms with van der Waals surface area (Å²) in [6.45, 7) is 5.99. The van der Waals surface area contributed by atoms with Crippen molar-refractivity contribution in [1.29, 1.82) is 0 Å². The minimum Gasteiger partial charge on any atom is -0.381 e. The van der Waals surface area contributed by atoms with Crippen LogP contribution in [0, 0.1) is 0 Å². The first kappa shape index (κ1) is 25.6. The van der Waals surface area contributed by atoms with E-state index in [1.54, 1.807) is 0 Å². The van der Waals surface area contributed by atoms with Crippen LogP contribution in [0.1, 0.15) is 25.0 Å². The Labute approximate surface area is 230 Å². The molecule has 2 fully saturated rings. The van der Waals surface area contributed by atoms with Gasteiger partial charge in [-0.25, -0.2) is 4.68 Å². The molecule has 3 aliphatic rings. The van der Waals surface area contributed by atoms with E-state index >= 15 is 0 Å². The number of carbonyl (C=O) groups excluding carboxylic acids is 1. The van der Waals surface area contributed by atoms with E-state index in [1.807, 2.05) is 28.8 Å². The molecule has 2 N–H and O–H groups in total. The molecule has 2 saturated heterocycles. The first-order chi connectivity index (χ1) is 18.6. The molecule has 38 heavy (non-hydrogen) atoms. The largest absolute Gasteiger partial charge is 0.381 e. The van der Waals surface area contributed by atoms with Gasteiger partial charge in [0.05, 0.1) is 22.9 Å². The molecule has 3 aromatic rings. The molecule has 0 bridgehead atoms. The summed E-state index contributed by atoms with van der Waals surface area (Å²) in [5.41, 5.74) is 3.18. The number of ether oxygens (including phenoxy) is 1. The fourth-order valence-electron chi connectivity index (χ4n) is 5.25. The smallest absolute Gasteiger partial charge is 0.244 e. The number of aromatic nitrogens is 5. The van der Waals surface area contributed by atoms with Crippen molar-refractivity contribution in [3.05, 3.63) is 35.2 Å². The lowest BCUT2D eigenvalue weighted by molar-refractivity contribution is -0.133. The number of thioether (sulfide) groups is 1. The molecule has 0 unspecified atom stereocenters. The Bertz CT molecular complexity index is 1280. The van der Waals surface area contributed by atoms with E-state index in [0.29, 0.717) is 12.1 Å². The van der Waals surface area contributed by atoms with Crippen LogP contribution in [0.3, 0.4) is 0 Å². The molecule has 1 amide bonds. The van der Waals surface area contributed by atoms with E-state index < -0.39 is 0 Å². The topological polar surface area (TPSA) is 117 Å². The summed E-state index contributed by atoms with van der Waals surface area (Å²) in [5.74, 6) is 1.05. The molecule has 6 rings (SSSR count). The van der Waals surface area contributed by atoms with Crippen LogP contribution < -0.4 is 5.32 Å². The standard InChI is InChI=1S/C25H32ClN9O2S/c26-18-11-17-12-22(30-24(17)21(13-18)28-19-2-9-37-10-3-19)25-29-20(15-38-25)1-4-33-5-7-34(8-6-33)23(36)14-35-16-27-31-32-35/h11-13,16,19-20,28,30H,1-10,14-15H2/t20-/m1/s1. The molecule has 0 aliphatic carbocycles. The quantitative estimate of drug-likeness (QED) is 0.434. The molecular weight excluding hydrogens is 526 g/mol. The molecule has 1 aromatic carbocycles. The molecule has 11 nitrogen and oxygen atoms in total. The summed E-state index contributed by atoms with van der Waals surface area (Å²) < 4.78 is 6.97. The van der Waals surface area contributed by atoms with E-state index in [1.165, 1.54) is 11.0 Å². The Morgan fingerprint density at radius 3 is 2.82 bits per heavy atom. The number of rotatable bonds is 8. The summed E-state index contributed by atoms with van der Waals surface area (Å²) in [4.78, 5) is 25.5. The number of nitrogens with one attached hydrogen (secondary N) is 2. The van der Waals surface area contributed by atoms with Crippen molar-refractivity contribution >= 4 is 50.9 Å². The Hall–Kier alpha value is -2.67. The number of H-pyrrole nitrogens is 1. The van der Waals surface area contributed by atoms with E-state index in [0.717, 1.165) is 103 Å². The van der Waals surface area contributed by atoms with Gasteiger partial charge < -0.3 is 19.9 Å². The minimum atomic E-state index is 0.0594. The van der Waals surface area contributed by atoms with E-state index in [-0.39, 0.29) is 12.5 Å². The van der Waals surface area contributed by atoms with Crippen LogP contribution in [0.5, 0.6) is 0 Å². The predicted molar refractivity (Wildman–Crippen MR) is 149 cm³/mol. The predicted octanol–water partition coefficient (Wildman–Crippen LogP) is 2.50. The van der Waals surface area contributed by atoms with Gasteiger partial charge in [-0.1, -0.05) is 11.6 Å². The highest BCUT2D eigenvalue weighted by atomic mass is 35.5. The number of tetrazole rings is 1. The highest BCUT2D eigenvalue weighted by Crippen LogP contribution is 2.33. The zero-order valence-corrected chi connectivity index (χ0v) is 22.8. The normalized spacial score (nSPS) is 21.2. The molecule has 13 heteroatoms. The number of benzene rings is 1. The van der Waals surface area contributed by atoms with Crippen molar-refractivity contribution in [2.45, 2.75) is 37.9 Å². The Morgan fingerprint density at radius 1 is 1.18 bits per heavy atom. The van der Waals surface area contributed by atoms with Crippen molar-refractivity contribution in [3.63, 3.8) is 0 Å². The summed E-state index contributed by atoms with van der Waals surface area (Å²) in [6, 6.07) is 6.87. The van der Waals surface area contributed by atoms with Gasteiger partial charge in [0.25, 0.3) is 0 Å². The Kier molecular flexibility index (Phi) is 7.82. The Morgan fingerprint density at radius 2 is 2.03 bits per heavy atom. The van der Waals surface area contributed by atoms with Crippen molar-refractivity contribution in [2.24, 2.45) is 4.99 Å². The maximum atomic E-state index is 12.5. The van der Waals surface area contributed by atoms with Crippen LogP contribution in [0.4, 0.5) is 5.69 Å². The fraction of sp³-hybridized carbons (Fsp3) is 0.560. The van der Waals surface area contributed by atoms with Gasteiger partial charge in [-0.3, -0.25) is 14.7 Å². The first-order valence-corrected chi connectivity index (χ1v) is 14.6. The summed E-state index contributed by atoms with van der Waals surface area (Å²) in [6.07, 6.45) is 4.48. The second kappa shape index (κ2) is 11.6. The number of aromatic amines is 1. The van der Waals surface area contributed by atoms with Gasteiger partial charge >= 0.3 is 0 Å². The molecule has 3 aliphatic heterocycles. The van der Waals surface area contributed by atoms with Gasteiger partial charge in [0.2, 0.25) is 5.91 Å². The second-order valence-electron chi connectivity index (χ2n) is 10.0. The lowest BCUT2D eigenvalue weighted by Crippen LogP contribution is -2.50. The van der Waals surface area contributed by atoms with Crippen LogP contribution in [0.25, 0.3) is 10.9 Å². The monoisotopic (exact) mass is 557 g/mol. The number of fused-ring (bicyclic) bond motifs is 1. The third kappa shape index (κ3) is 5.98. The molecular formula is C25H32ClN9O2S. The molecule has 2 aromatic heterocycles. The maximum Gasteiger partial charge on any atom is 0.244 e. The van der Waals surface area contributed by atoms with Gasteiger partial charge in [0.1, 0.15) is 17.9 Å². The number of amides is 1. The van der Waals surface area contributed by atoms with Gasteiger partial charge in [-0.2, -0.15) is 0 Å². The summed E-state index contributed by atoms with van der Waals surface area (Å²) >= 11 is 8.27. The number of aliphatic imine (C=N–C) groups is 1. The van der Waals surface area contributed by atoms with Crippen molar-refractivity contribution < 1.29 is 9.53 Å². The Balaban J connectivity index is 1.03. The summed E-state index contributed by atoms with van der Waals surface area (Å²) in [5, 5.41) is 17.5. The molecule has 0 spiro atoms. The van der Waals surface area contributed by atoms with Gasteiger partial charge in [0, 0.05) is 68.1 Å². The van der Waals surface area contributed by atoms with E-state index in [4.69, 9.17) is 21.3 Å². The SMILES string of the molecule is O=C(Cn1cnnn1)N1CCN(CC[C@@H]2CSC(c3cc4cc(Cl)cc(NC5CCOCC5)c4[nH]3)=N2)CC1. The summed E-state index contributed by atoms with van der Waals surface area (Å²) in [7, 11) is 0. The fourth-order valence-corrected chi connectivity index (χ4v) is 6.56. The lowest BCUT2D eigenvalue weighted by Gasteiger charge is -2.34.